The highest BCUT2D eigenvalue weighted by Crippen LogP contribution is 2.19. The van der Waals surface area contributed by atoms with Crippen LogP contribution < -0.4 is 10.6 Å². The van der Waals surface area contributed by atoms with E-state index < -0.39 is 5.54 Å². The highest BCUT2D eigenvalue weighted by atomic mass is 19.1. The molecule has 4 nitrogen and oxygen atoms in total. The number of carbonyl (C=O) groups excluding carboxylic acids is 2. The molecule has 2 aromatic carbocycles. The Labute approximate surface area is 134 Å². The van der Waals surface area contributed by atoms with Crippen LogP contribution in [0.15, 0.2) is 54.6 Å². The van der Waals surface area contributed by atoms with Gasteiger partial charge in [-0.05, 0) is 43.7 Å². The number of halogens is 1. The number of amides is 2. The zero-order valence-corrected chi connectivity index (χ0v) is 13.1. The molecule has 120 valence electrons. The predicted octanol–water partition coefficient (Wildman–Crippen LogP) is 2.61. The summed E-state index contributed by atoms with van der Waals surface area (Å²) in [5.74, 6) is -0.949. The van der Waals surface area contributed by atoms with E-state index in [0.717, 1.165) is 5.56 Å². The lowest BCUT2D eigenvalue weighted by Gasteiger charge is -2.27. The molecule has 0 saturated heterocycles. The summed E-state index contributed by atoms with van der Waals surface area (Å²) in [6.45, 7) is 3.51. The third-order valence-electron chi connectivity index (χ3n) is 3.46. The zero-order valence-electron chi connectivity index (χ0n) is 13.1. The standard InChI is InChI=1S/C18H19FN2O2/c1-18(2,14-8-10-15(19)11-9-14)21-16(22)12-20-17(23)13-6-4-3-5-7-13/h3-11H,12H2,1-2H3,(H,20,23)(H,21,22). The van der Waals surface area contributed by atoms with Crippen molar-refractivity contribution in [2.75, 3.05) is 6.54 Å². The van der Waals surface area contributed by atoms with Gasteiger partial charge < -0.3 is 10.6 Å². The van der Waals surface area contributed by atoms with Gasteiger partial charge in [-0.1, -0.05) is 30.3 Å². The number of hydrogen-bond donors (Lipinski definition) is 2. The summed E-state index contributed by atoms with van der Waals surface area (Å²) in [7, 11) is 0. The molecular formula is C18H19FN2O2. The molecule has 0 unspecified atom stereocenters. The molecule has 23 heavy (non-hydrogen) atoms. The molecule has 0 atom stereocenters. The maximum atomic E-state index is 13.0. The Balaban J connectivity index is 1.91. The van der Waals surface area contributed by atoms with E-state index in [0.29, 0.717) is 5.56 Å². The van der Waals surface area contributed by atoms with Gasteiger partial charge in [-0.25, -0.2) is 4.39 Å². The second kappa shape index (κ2) is 7.05. The third kappa shape index (κ3) is 4.64. The van der Waals surface area contributed by atoms with E-state index in [4.69, 9.17) is 0 Å². The van der Waals surface area contributed by atoms with Crippen molar-refractivity contribution in [3.05, 3.63) is 71.5 Å². The molecule has 2 amide bonds. The van der Waals surface area contributed by atoms with Crippen LogP contribution >= 0.6 is 0 Å². The van der Waals surface area contributed by atoms with E-state index in [1.807, 2.05) is 19.9 Å². The van der Waals surface area contributed by atoms with Crippen LogP contribution in [0.2, 0.25) is 0 Å². The van der Waals surface area contributed by atoms with Crippen LogP contribution in [0, 0.1) is 5.82 Å². The monoisotopic (exact) mass is 314 g/mol. The number of rotatable bonds is 5. The molecule has 5 heteroatoms. The summed E-state index contributed by atoms with van der Waals surface area (Å²) in [5, 5.41) is 5.39. The Hall–Kier alpha value is -2.69. The van der Waals surface area contributed by atoms with E-state index in [1.54, 1.807) is 36.4 Å². The quantitative estimate of drug-likeness (QED) is 0.891. The first-order chi connectivity index (χ1) is 10.9. The van der Waals surface area contributed by atoms with Crippen molar-refractivity contribution in [3.63, 3.8) is 0 Å². The van der Waals surface area contributed by atoms with Gasteiger partial charge in [0.1, 0.15) is 5.82 Å². The molecule has 0 aliphatic heterocycles. The zero-order chi connectivity index (χ0) is 16.9. The highest BCUT2D eigenvalue weighted by molar-refractivity contribution is 5.96. The van der Waals surface area contributed by atoms with E-state index in [1.165, 1.54) is 12.1 Å². The molecule has 0 saturated carbocycles. The van der Waals surface area contributed by atoms with Crippen LogP contribution in [0.4, 0.5) is 4.39 Å². The Morgan fingerprint density at radius 1 is 1.00 bits per heavy atom. The average molecular weight is 314 g/mol. The van der Waals surface area contributed by atoms with Crippen molar-refractivity contribution in [1.29, 1.82) is 0 Å². The van der Waals surface area contributed by atoms with Crippen LogP contribution in [0.3, 0.4) is 0 Å². The highest BCUT2D eigenvalue weighted by Gasteiger charge is 2.23. The molecule has 0 spiro atoms. The summed E-state index contributed by atoms with van der Waals surface area (Å²) in [6.07, 6.45) is 0. The summed E-state index contributed by atoms with van der Waals surface area (Å²) in [5.41, 5.74) is 0.613. The van der Waals surface area contributed by atoms with Gasteiger partial charge in [-0.2, -0.15) is 0 Å². The Morgan fingerprint density at radius 3 is 2.22 bits per heavy atom. The van der Waals surface area contributed by atoms with Gasteiger partial charge in [0.25, 0.3) is 5.91 Å². The van der Waals surface area contributed by atoms with Gasteiger partial charge in [0.15, 0.2) is 0 Å². The largest absolute Gasteiger partial charge is 0.346 e. The van der Waals surface area contributed by atoms with Gasteiger partial charge in [0.2, 0.25) is 5.91 Å². The molecule has 0 aromatic heterocycles. The van der Waals surface area contributed by atoms with Gasteiger partial charge in [0, 0.05) is 5.56 Å². The summed E-state index contributed by atoms with van der Waals surface area (Å²) in [6, 6.07) is 14.6. The lowest BCUT2D eigenvalue weighted by Crippen LogP contribution is -2.45. The van der Waals surface area contributed by atoms with Gasteiger partial charge in [0.05, 0.1) is 12.1 Å². The second-order valence-corrected chi connectivity index (χ2v) is 5.73. The smallest absolute Gasteiger partial charge is 0.251 e. The van der Waals surface area contributed by atoms with Crippen LogP contribution in [0.1, 0.15) is 29.8 Å². The van der Waals surface area contributed by atoms with E-state index in [9.17, 15) is 14.0 Å². The SMILES string of the molecule is CC(C)(NC(=O)CNC(=O)c1ccccc1)c1ccc(F)cc1. The number of benzene rings is 2. The molecule has 0 heterocycles. The third-order valence-corrected chi connectivity index (χ3v) is 3.46. The number of nitrogens with one attached hydrogen (secondary N) is 2. The van der Waals surface area contributed by atoms with Gasteiger partial charge in [-0.15, -0.1) is 0 Å². The van der Waals surface area contributed by atoms with Crippen LogP contribution in [-0.4, -0.2) is 18.4 Å². The average Bonchev–Trinajstić information content (AvgIpc) is 2.53. The van der Waals surface area contributed by atoms with E-state index in [2.05, 4.69) is 10.6 Å². The van der Waals surface area contributed by atoms with Crippen molar-refractivity contribution >= 4 is 11.8 Å². The first-order valence-electron chi connectivity index (χ1n) is 7.29. The molecule has 2 aromatic rings. The molecule has 2 N–H and O–H groups in total. The minimum atomic E-state index is -0.664. The van der Waals surface area contributed by atoms with Crippen molar-refractivity contribution in [1.82, 2.24) is 10.6 Å². The minimum absolute atomic E-state index is 0.127. The topological polar surface area (TPSA) is 58.2 Å². The number of carbonyl (C=O) groups is 2. The van der Waals surface area contributed by atoms with Crippen LogP contribution in [-0.2, 0) is 10.3 Å². The fourth-order valence-corrected chi connectivity index (χ4v) is 2.18. The van der Waals surface area contributed by atoms with Crippen molar-refractivity contribution in [3.8, 4) is 0 Å². The first-order valence-corrected chi connectivity index (χ1v) is 7.29. The molecule has 0 fully saturated rings. The summed E-state index contributed by atoms with van der Waals surface area (Å²) in [4.78, 5) is 23.9. The summed E-state index contributed by atoms with van der Waals surface area (Å²) >= 11 is 0. The lowest BCUT2D eigenvalue weighted by atomic mass is 9.94. The van der Waals surface area contributed by atoms with Gasteiger partial charge in [-0.3, -0.25) is 9.59 Å². The van der Waals surface area contributed by atoms with Crippen molar-refractivity contribution in [2.24, 2.45) is 0 Å². The lowest BCUT2D eigenvalue weighted by molar-refractivity contribution is -0.121. The van der Waals surface area contributed by atoms with Gasteiger partial charge >= 0.3 is 0 Å². The van der Waals surface area contributed by atoms with Crippen molar-refractivity contribution in [2.45, 2.75) is 19.4 Å². The van der Waals surface area contributed by atoms with E-state index >= 15 is 0 Å². The maximum absolute atomic E-state index is 13.0. The molecule has 0 bridgehead atoms. The summed E-state index contributed by atoms with van der Waals surface area (Å²) < 4.78 is 13.0. The minimum Gasteiger partial charge on any atom is -0.346 e. The normalized spacial score (nSPS) is 10.9. The Kier molecular flexibility index (Phi) is 5.11. The fourth-order valence-electron chi connectivity index (χ4n) is 2.18. The Morgan fingerprint density at radius 2 is 1.61 bits per heavy atom. The molecule has 0 radical (unpaired) electrons. The molecule has 2 rings (SSSR count). The second-order valence-electron chi connectivity index (χ2n) is 5.73. The van der Waals surface area contributed by atoms with Crippen molar-refractivity contribution < 1.29 is 14.0 Å². The predicted molar refractivity (Wildman–Crippen MR) is 86.3 cm³/mol. The van der Waals surface area contributed by atoms with Crippen LogP contribution in [0.25, 0.3) is 0 Å². The van der Waals surface area contributed by atoms with Crippen LogP contribution in [0.5, 0.6) is 0 Å². The molecule has 0 aliphatic carbocycles. The fraction of sp³-hybridized carbons (Fsp3) is 0.222. The molecular weight excluding hydrogens is 295 g/mol. The maximum Gasteiger partial charge on any atom is 0.251 e. The number of hydrogen-bond acceptors (Lipinski definition) is 2. The van der Waals surface area contributed by atoms with E-state index in [-0.39, 0.29) is 24.2 Å². The molecule has 0 aliphatic rings. The Bertz CT molecular complexity index is 682. The first kappa shape index (κ1) is 16.7.